The number of benzene rings is 1. The van der Waals surface area contributed by atoms with Crippen LogP contribution in [0, 0.1) is 0 Å². The molecule has 0 bridgehead atoms. The van der Waals surface area contributed by atoms with Gasteiger partial charge in [0.05, 0.1) is 17.9 Å². The third-order valence-corrected chi connectivity index (χ3v) is 3.75. The topological polar surface area (TPSA) is 46.9 Å². The van der Waals surface area contributed by atoms with Gasteiger partial charge in [-0.25, -0.2) is 4.68 Å². The van der Waals surface area contributed by atoms with E-state index in [4.69, 9.17) is 23.2 Å². The van der Waals surface area contributed by atoms with Crippen molar-refractivity contribution in [1.82, 2.24) is 9.78 Å². The summed E-state index contributed by atoms with van der Waals surface area (Å²) in [7, 11) is 0. The van der Waals surface area contributed by atoms with Gasteiger partial charge in [0.15, 0.2) is 0 Å². The van der Waals surface area contributed by atoms with Gasteiger partial charge < -0.3 is 5.32 Å². The molecule has 6 heteroatoms. The van der Waals surface area contributed by atoms with Gasteiger partial charge in [0.2, 0.25) is 0 Å². The van der Waals surface area contributed by atoms with E-state index in [1.54, 1.807) is 6.20 Å². The van der Waals surface area contributed by atoms with E-state index in [1.165, 1.54) is 4.68 Å². The summed E-state index contributed by atoms with van der Waals surface area (Å²) in [6, 6.07) is 7.45. The highest BCUT2D eigenvalue weighted by Crippen LogP contribution is 2.24. The van der Waals surface area contributed by atoms with Crippen LogP contribution in [0.1, 0.15) is 38.4 Å². The van der Waals surface area contributed by atoms with Gasteiger partial charge in [-0.1, -0.05) is 35.3 Å². The zero-order valence-electron chi connectivity index (χ0n) is 12.1. The Morgan fingerprint density at radius 2 is 1.95 bits per heavy atom. The van der Waals surface area contributed by atoms with Crippen molar-refractivity contribution in [3.05, 3.63) is 56.4 Å². The van der Waals surface area contributed by atoms with Crippen molar-refractivity contribution in [2.45, 2.75) is 32.9 Å². The number of hydrogen-bond acceptors (Lipinski definition) is 3. The highest BCUT2D eigenvalue weighted by molar-refractivity contribution is 6.33. The number of anilines is 1. The summed E-state index contributed by atoms with van der Waals surface area (Å²) in [5, 5.41) is 8.14. The fourth-order valence-electron chi connectivity index (χ4n) is 2.01. The Bertz CT molecular complexity index is 698. The SMILES string of the molecule is CC(Nc1cnn(C(C)C)c(=O)c1Cl)c1cccc(Cl)c1. The number of nitrogens with zero attached hydrogens (tertiary/aromatic N) is 2. The average Bonchev–Trinajstić information content (AvgIpc) is 2.43. The van der Waals surface area contributed by atoms with E-state index < -0.39 is 0 Å². The molecule has 1 N–H and O–H groups in total. The largest absolute Gasteiger partial charge is 0.376 e. The minimum atomic E-state index is -0.296. The molecule has 0 aliphatic rings. The molecule has 0 aliphatic heterocycles. The summed E-state index contributed by atoms with van der Waals surface area (Å²) < 4.78 is 1.36. The lowest BCUT2D eigenvalue weighted by Gasteiger charge is -2.17. The van der Waals surface area contributed by atoms with E-state index in [2.05, 4.69) is 10.4 Å². The molecule has 0 saturated carbocycles. The Balaban J connectivity index is 2.28. The summed E-state index contributed by atoms with van der Waals surface area (Å²) in [5.41, 5.74) is 1.23. The Kier molecular flexibility index (Phi) is 4.91. The number of aromatic nitrogens is 2. The normalized spacial score (nSPS) is 12.5. The standard InChI is InChI=1S/C15H17Cl2N3O/c1-9(2)20-15(21)14(17)13(8-18-20)19-10(3)11-5-4-6-12(16)7-11/h4-10,19H,1-3H3. The molecular formula is C15H17Cl2N3O. The second-order valence-electron chi connectivity index (χ2n) is 5.14. The van der Waals surface area contributed by atoms with Crippen molar-refractivity contribution >= 4 is 28.9 Å². The number of rotatable bonds is 4. The maximum Gasteiger partial charge on any atom is 0.287 e. The van der Waals surface area contributed by atoms with Crippen LogP contribution in [0.15, 0.2) is 35.3 Å². The summed E-state index contributed by atoms with van der Waals surface area (Å²) in [4.78, 5) is 12.1. The van der Waals surface area contributed by atoms with Crippen LogP contribution in [0.5, 0.6) is 0 Å². The molecule has 1 unspecified atom stereocenters. The lowest BCUT2D eigenvalue weighted by atomic mass is 10.1. The van der Waals surface area contributed by atoms with Crippen molar-refractivity contribution in [1.29, 1.82) is 0 Å². The monoisotopic (exact) mass is 325 g/mol. The van der Waals surface area contributed by atoms with Crippen molar-refractivity contribution < 1.29 is 0 Å². The first-order valence-electron chi connectivity index (χ1n) is 6.69. The van der Waals surface area contributed by atoms with Gasteiger partial charge >= 0.3 is 0 Å². The number of halogens is 2. The molecule has 0 saturated heterocycles. The van der Waals surface area contributed by atoms with Crippen LogP contribution in [0.25, 0.3) is 0 Å². The molecule has 0 aliphatic carbocycles. The maximum atomic E-state index is 12.1. The van der Waals surface area contributed by atoms with Crippen molar-refractivity contribution in [2.75, 3.05) is 5.32 Å². The predicted octanol–water partition coefficient (Wildman–Crippen LogP) is 4.30. The molecular weight excluding hydrogens is 309 g/mol. The molecule has 1 aromatic carbocycles. The predicted molar refractivity (Wildman–Crippen MR) is 87.4 cm³/mol. The lowest BCUT2D eigenvalue weighted by molar-refractivity contribution is 0.503. The Morgan fingerprint density at radius 1 is 1.24 bits per heavy atom. The fourth-order valence-corrected chi connectivity index (χ4v) is 2.39. The summed E-state index contributed by atoms with van der Waals surface area (Å²) >= 11 is 12.1. The number of hydrogen-bond donors (Lipinski definition) is 1. The average molecular weight is 326 g/mol. The first-order chi connectivity index (χ1) is 9.90. The van der Waals surface area contributed by atoms with Gasteiger partial charge in [-0.2, -0.15) is 5.10 Å². The zero-order valence-corrected chi connectivity index (χ0v) is 13.6. The Labute approximate surface area is 133 Å². The molecule has 2 aromatic rings. The molecule has 4 nitrogen and oxygen atoms in total. The van der Waals surface area contributed by atoms with E-state index in [9.17, 15) is 4.79 Å². The molecule has 0 spiro atoms. The molecule has 0 fully saturated rings. The van der Waals surface area contributed by atoms with E-state index in [1.807, 2.05) is 45.0 Å². The van der Waals surface area contributed by atoms with E-state index in [0.29, 0.717) is 10.7 Å². The van der Waals surface area contributed by atoms with Gasteiger partial charge in [0.25, 0.3) is 5.56 Å². The zero-order chi connectivity index (χ0) is 15.6. The second-order valence-corrected chi connectivity index (χ2v) is 5.95. The van der Waals surface area contributed by atoms with Gasteiger partial charge in [0.1, 0.15) is 5.02 Å². The second kappa shape index (κ2) is 6.50. The molecule has 0 radical (unpaired) electrons. The lowest BCUT2D eigenvalue weighted by Crippen LogP contribution is -2.26. The highest BCUT2D eigenvalue weighted by Gasteiger charge is 2.14. The van der Waals surface area contributed by atoms with Gasteiger partial charge in [-0.3, -0.25) is 4.79 Å². The molecule has 0 amide bonds. The Hall–Kier alpha value is -1.52. The number of nitrogens with one attached hydrogen (secondary N) is 1. The Morgan fingerprint density at radius 3 is 2.57 bits per heavy atom. The quantitative estimate of drug-likeness (QED) is 0.911. The fraction of sp³-hybridized carbons (Fsp3) is 0.333. The summed E-state index contributed by atoms with van der Waals surface area (Å²) in [6.45, 7) is 5.73. The molecule has 1 heterocycles. The minimum Gasteiger partial charge on any atom is -0.376 e. The minimum absolute atomic E-state index is 0.0330. The molecule has 2 rings (SSSR count). The van der Waals surface area contributed by atoms with Crippen molar-refractivity contribution in [2.24, 2.45) is 0 Å². The van der Waals surface area contributed by atoms with Crippen LogP contribution < -0.4 is 10.9 Å². The third kappa shape index (κ3) is 3.57. The molecule has 1 aromatic heterocycles. The molecule has 112 valence electrons. The van der Waals surface area contributed by atoms with Gasteiger partial charge in [0, 0.05) is 11.1 Å². The van der Waals surface area contributed by atoms with Gasteiger partial charge in [-0.15, -0.1) is 0 Å². The van der Waals surface area contributed by atoms with Crippen LogP contribution >= 0.6 is 23.2 Å². The van der Waals surface area contributed by atoms with Crippen LogP contribution in [-0.2, 0) is 0 Å². The van der Waals surface area contributed by atoms with Crippen molar-refractivity contribution in [3.63, 3.8) is 0 Å². The summed E-state index contributed by atoms with van der Waals surface area (Å²) in [6.07, 6.45) is 1.57. The maximum absolute atomic E-state index is 12.1. The van der Waals surface area contributed by atoms with Crippen LogP contribution in [0.4, 0.5) is 5.69 Å². The molecule has 21 heavy (non-hydrogen) atoms. The van der Waals surface area contributed by atoms with Crippen LogP contribution in [0.2, 0.25) is 10.0 Å². The third-order valence-electron chi connectivity index (χ3n) is 3.15. The van der Waals surface area contributed by atoms with E-state index in [-0.39, 0.29) is 22.7 Å². The highest BCUT2D eigenvalue weighted by atomic mass is 35.5. The van der Waals surface area contributed by atoms with Crippen molar-refractivity contribution in [3.8, 4) is 0 Å². The van der Waals surface area contributed by atoms with E-state index in [0.717, 1.165) is 5.56 Å². The van der Waals surface area contributed by atoms with Gasteiger partial charge in [-0.05, 0) is 38.5 Å². The smallest absolute Gasteiger partial charge is 0.287 e. The first kappa shape index (κ1) is 15.9. The first-order valence-corrected chi connectivity index (χ1v) is 7.45. The summed E-state index contributed by atoms with van der Waals surface area (Å²) in [5.74, 6) is 0. The van der Waals surface area contributed by atoms with Crippen LogP contribution in [-0.4, -0.2) is 9.78 Å². The molecule has 1 atom stereocenters. The van der Waals surface area contributed by atoms with E-state index >= 15 is 0 Å². The van der Waals surface area contributed by atoms with Crippen LogP contribution in [0.3, 0.4) is 0 Å².